The van der Waals surface area contributed by atoms with Crippen molar-refractivity contribution in [1.29, 1.82) is 0 Å². The lowest BCUT2D eigenvalue weighted by Crippen LogP contribution is -2.42. The van der Waals surface area contributed by atoms with Gasteiger partial charge in [0.05, 0.1) is 6.04 Å². The molecule has 0 saturated heterocycles. The number of hydrogen-bond donors (Lipinski definition) is 1. The van der Waals surface area contributed by atoms with E-state index in [0.29, 0.717) is 0 Å². The van der Waals surface area contributed by atoms with E-state index in [0.717, 1.165) is 12.0 Å². The molecular weight excluding hydrogens is 240 g/mol. The minimum atomic E-state index is -0.492. The fraction of sp³-hybridized carbons (Fsp3) is 0.533. The number of benzene rings is 1. The van der Waals surface area contributed by atoms with Crippen molar-refractivity contribution in [3.8, 4) is 0 Å². The molecule has 104 valence electrons. The van der Waals surface area contributed by atoms with Crippen LogP contribution in [0.4, 0.5) is 4.79 Å². The molecule has 1 aliphatic carbocycles. The molecule has 0 aliphatic heterocycles. The van der Waals surface area contributed by atoms with Crippen molar-refractivity contribution < 1.29 is 9.53 Å². The van der Waals surface area contributed by atoms with E-state index < -0.39 is 5.60 Å². The second kappa shape index (κ2) is 4.85. The first-order valence-electron chi connectivity index (χ1n) is 6.59. The van der Waals surface area contributed by atoms with Crippen LogP contribution in [0.1, 0.15) is 37.9 Å². The van der Waals surface area contributed by atoms with Crippen molar-refractivity contribution >= 4 is 6.09 Å². The van der Waals surface area contributed by atoms with E-state index in [1.807, 2.05) is 39.0 Å². The van der Waals surface area contributed by atoms with Gasteiger partial charge in [-0.2, -0.15) is 0 Å². The molecule has 0 aromatic heterocycles. The standard InChI is InChI=1S/C15H22N2O2/c1-15(2,3)19-14(18)17(4)13-11-8-6-5-7-10(11)9-12(13)16/h5-8,12-13H,9,16H2,1-4H3/t12-,13?/m1/s1. The van der Waals surface area contributed by atoms with Gasteiger partial charge in [-0.1, -0.05) is 24.3 Å². The lowest BCUT2D eigenvalue weighted by molar-refractivity contribution is 0.0206. The van der Waals surface area contributed by atoms with E-state index in [4.69, 9.17) is 10.5 Å². The van der Waals surface area contributed by atoms with Gasteiger partial charge in [-0.05, 0) is 38.3 Å². The van der Waals surface area contributed by atoms with Crippen molar-refractivity contribution in [2.24, 2.45) is 5.73 Å². The molecule has 4 heteroatoms. The van der Waals surface area contributed by atoms with Crippen LogP contribution in [0.3, 0.4) is 0 Å². The van der Waals surface area contributed by atoms with Crippen LogP contribution in [0.15, 0.2) is 24.3 Å². The highest BCUT2D eigenvalue weighted by molar-refractivity contribution is 5.69. The number of nitrogens with two attached hydrogens (primary N) is 1. The molecule has 2 atom stereocenters. The Kier molecular flexibility index (Phi) is 3.54. The zero-order valence-electron chi connectivity index (χ0n) is 12.0. The normalized spacial score (nSPS) is 21.9. The van der Waals surface area contributed by atoms with E-state index in [1.165, 1.54) is 5.56 Å². The van der Waals surface area contributed by atoms with E-state index >= 15 is 0 Å². The van der Waals surface area contributed by atoms with Gasteiger partial charge in [0.25, 0.3) is 0 Å². The number of hydrogen-bond acceptors (Lipinski definition) is 3. The third-order valence-electron chi connectivity index (χ3n) is 3.33. The van der Waals surface area contributed by atoms with Crippen molar-refractivity contribution in [2.75, 3.05) is 7.05 Å². The summed E-state index contributed by atoms with van der Waals surface area (Å²) in [6.45, 7) is 5.59. The Bertz CT molecular complexity index is 479. The molecule has 0 spiro atoms. The predicted molar refractivity (Wildman–Crippen MR) is 74.9 cm³/mol. The Hall–Kier alpha value is -1.55. The van der Waals surface area contributed by atoms with Crippen LogP contribution in [0.25, 0.3) is 0 Å². The van der Waals surface area contributed by atoms with Crippen LogP contribution >= 0.6 is 0 Å². The maximum absolute atomic E-state index is 12.1. The first-order valence-corrected chi connectivity index (χ1v) is 6.59. The van der Waals surface area contributed by atoms with E-state index in [-0.39, 0.29) is 18.2 Å². The summed E-state index contributed by atoms with van der Waals surface area (Å²) >= 11 is 0. The first kappa shape index (κ1) is 13.9. The lowest BCUT2D eigenvalue weighted by atomic mass is 10.1. The van der Waals surface area contributed by atoms with Crippen molar-refractivity contribution in [2.45, 2.75) is 44.9 Å². The number of ether oxygens (including phenoxy) is 1. The lowest BCUT2D eigenvalue weighted by Gasteiger charge is -2.31. The number of amides is 1. The van der Waals surface area contributed by atoms with Gasteiger partial charge in [0, 0.05) is 13.1 Å². The van der Waals surface area contributed by atoms with Gasteiger partial charge in [0.15, 0.2) is 0 Å². The van der Waals surface area contributed by atoms with E-state index in [9.17, 15) is 4.79 Å². The molecule has 1 aromatic carbocycles. The van der Waals surface area contributed by atoms with Gasteiger partial charge < -0.3 is 15.4 Å². The molecule has 0 radical (unpaired) electrons. The molecule has 1 unspecified atom stereocenters. The molecule has 0 saturated carbocycles. The molecule has 0 heterocycles. The molecule has 2 rings (SSSR count). The molecule has 19 heavy (non-hydrogen) atoms. The summed E-state index contributed by atoms with van der Waals surface area (Å²) in [5.74, 6) is 0. The molecule has 0 fully saturated rings. The van der Waals surface area contributed by atoms with Crippen molar-refractivity contribution in [1.82, 2.24) is 4.90 Å². The molecule has 2 N–H and O–H groups in total. The maximum atomic E-state index is 12.1. The minimum absolute atomic E-state index is 0.0741. The molecular formula is C15H22N2O2. The zero-order valence-corrected chi connectivity index (χ0v) is 12.0. The third-order valence-corrected chi connectivity index (χ3v) is 3.33. The van der Waals surface area contributed by atoms with Crippen LogP contribution in [0.2, 0.25) is 0 Å². The van der Waals surface area contributed by atoms with Gasteiger partial charge in [0.1, 0.15) is 5.60 Å². The number of likely N-dealkylation sites (N-methyl/N-ethyl adjacent to an activating group) is 1. The summed E-state index contributed by atoms with van der Waals surface area (Å²) in [6.07, 6.45) is 0.471. The topological polar surface area (TPSA) is 55.6 Å². The Morgan fingerprint density at radius 1 is 1.37 bits per heavy atom. The smallest absolute Gasteiger partial charge is 0.410 e. The number of carbonyl (C=O) groups is 1. The number of carbonyl (C=O) groups excluding carboxylic acids is 1. The second-order valence-corrected chi connectivity index (χ2v) is 6.10. The fourth-order valence-corrected chi connectivity index (χ4v) is 2.55. The monoisotopic (exact) mass is 262 g/mol. The summed E-state index contributed by atoms with van der Waals surface area (Å²) in [6, 6.07) is 7.90. The molecule has 1 amide bonds. The van der Waals surface area contributed by atoms with Crippen LogP contribution < -0.4 is 5.73 Å². The predicted octanol–water partition coefficient (Wildman–Crippen LogP) is 2.48. The highest BCUT2D eigenvalue weighted by atomic mass is 16.6. The average molecular weight is 262 g/mol. The fourth-order valence-electron chi connectivity index (χ4n) is 2.55. The van der Waals surface area contributed by atoms with Crippen LogP contribution in [-0.4, -0.2) is 29.7 Å². The zero-order chi connectivity index (χ0) is 14.2. The first-order chi connectivity index (χ1) is 8.79. The maximum Gasteiger partial charge on any atom is 0.410 e. The summed E-state index contributed by atoms with van der Waals surface area (Å²) in [5, 5.41) is 0. The van der Waals surface area contributed by atoms with Crippen LogP contribution in [0.5, 0.6) is 0 Å². The highest BCUT2D eigenvalue weighted by Crippen LogP contribution is 2.34. The number of rotatable bonds is 1. The van der Waals surface area contributed by atoms with E-state index in [1.54, 1.807) is 11.9 Å². The summed E-state index contributed by atoms with van der Waals surface area (Å²) in [5.41, 5.74) is 8.04. The van der Waals surface area contributed by atoms with Crippen molar-refractivity contribution in [3.63, 3.8) is 0 Å². The average Bonchev–Trinajstić information content (AvgIpc) is 2.61. The number of nitrogens with zero attached hydrogens (tertiary/aromatic N) is 1. The summed E-state index contributed by atoms with van der Waals surface area (Å²) in [4.78, 5) is 13.8. The molecule has 4 nitrogen and oxygen atoms in total. The van der Waals surface area contributed by atoms with Crippen molar-refractivity contribution in [3.05, 3.63) is 35.4 Å². The van der Waals surface area contributed by atoms with Crippen LogP contribution in [0, 0.1) is 0 Å². The quantitative estimate of drug-likeness (QED) is 0.846. The van der Waals surface area contributed by atoms with Gasteiger partial charge in [0.2, 0.25) is 0 Å². The molecule has 0 bridgehead atoms. The SMILES string of the molecule is CN(C(=O)OC(C)(C)C)C1c2ccccc2C[C@H]1N. The second-order valence-electron chi connectivity index (χ2n) is 6.10. The summed E-state index contributed by atoms with van der Waals surface area (Å²) in [7, 11) is 1.75. The van der Waals surface area contributed by atoms with Gasteiger partial charge in [-0.15, -0.1) is 0 Å². The van der Waals surface area contributed by atoms with Gasteiger partial charge >= 0.3 is 6.09 Å². The van der Waals surface area contributed by atoms with Gasteiger partial charge in [-0.25, -0.2) is 4.79 Å². The Labute approximate surface area is 114 Å². The molecule has 1 aliphatic rings. The highest BCUT2D eigenvalue weighted by Gasteiger charge is 2.36. The third kappa shape index (κ3) is 2.89. The van der Waals surface area contributed by atoms with Gasteiger partial charge in [-0.3, -0.25) is 0 Å². The Morgan fingerprint density at radius 2 is 2.00 bits per heavy atom. The number of fused-ring (bicyclic) bond motifs is 1. The Balaban J connectivity index is 2.20. The Morgan fingerprint density at radius 3 is 2.63 bits per heavy atom. The summed E-state index contributed by atoms with van der Waals surface area (Å²) < 4.78 is 5.41. The van der Waals surface area contributed by atoms with Crippen LogP contribution in [-0.2, 0) is 11.2 Å². The largest absolute Gasteiger partial charge is 0.444 e. The minimum Gasteiger partial charge on any atom is -0.444 e. The van der Waals surface area contributed by atoms with E-state index in [2.05, 4.69) is 6.07 Å². The molecule has 1 aromatic rings.